The SMILES string of the molecule is CCCSc1nc(C)cc(C)c1C#N. The highest BCUT2D eigenvalue weighted by Gasteiger charge is 2.07. The molecule has 1 aromatic heterocycles. The van der Waals surface area contributed by atoms with Gasteiger partial charge in [-0.05, 0) is 37.7 Å². The summed E-state index contributed by atoms with van der Waals surface area (Å²) in [5, 5.41) is 9.87. The molecule has 0 N–H and O–H groups in total. The summed E-state index contributed by atoms with van der Waals surface area (Å²) >= 11 is 1.67. The zero-order valence-corrected chi connectivity index (χ0v) is 9.61. The molecule has 1 heterocycles. The van der Waals surface area contributed by atoms with Crippen molar-refractivity contribution in [2.24, 2.45) is 0 Å². The molecule has 14 heavy (non-hydrogen) atoms. The van der Waals surface area contributed by atoms with Crippen molar-refractivity contribution in [2.45, 2.75) is 32.2 Å². The molecule has 3 heteroatoms. The summed E-state index contributed by atoms with van der Waals surface area (Å²) < 4.78 is 0. The first kappa shape index (κ1) is 11.1. The molecule has 0 aliphatic heterocycles. The van der Waals surface area contributed by atoms with Crippen molar-refractivity contribution in [2.75, 3.05) is 5.75 Å². The van der Waals surface area contributed by atoms with Crippen LogP contribution >= 0.6 is 11.8 Å². The summed E-state index contributed by atoms with van der Waals surface area (Å²) in [6.45, 7) is 6.05. The number of nitrogens with zero attached hydrogens (tertiary/aromatic N) is 2. The summed E-state index contributed by atoms with van der Waals surface area (Å²) in [6, 6.07) is 4.17. The smallest absolute Gasteiger partial charge is 0.114 e. The van der Waals surface area contributed by atoms with E-state index >= 15 is 0 Å². The molecular weight excluding hydrogens is 192 g/mol. The second-order valence-corrected chi connectivity index (χ2v) is 4.30. The van der Waals surface area contributed by atoms with Crippen molar-refractivity contribution in [3.63, 3.8) is 0 Å². The maximum Gasteiger partial charge on any atom is 0.114 e. The Hall–Kier alpha value is -1.01. The molecule has 0 unspecified atom stereocenters. The van der Waals surface area contributed by atoms with E-state index in [1.807, 2.05) is 19.9 Å². The molecule has 0 aromatic carbocycles. The van der Waals surface area contributed by atoms with E-state index in [4.69, 9.17) is 5.26 Å². The van der Waals surface area contributed by atoms with Crippen molar-refractivity contribution >= 4 is 11.8 Å². The van der Waals surface area contributed by atoms with Crippen LogP contribution in [0.5, 0.6) is 0 Å². The number of pyridine rings is 1. The number of thioether (sulfide) groups is 1. The summed E-state index contributed by atoms with van der Waals surface area (Å²) in [4.78, 5) is 4.38. The minimum Gasteiger partial charge on any atom is -0.245 e. The maximum absolute atomic E-state index is 8.99. The van der Waals surface area contributed by atoms with E-state index in [9.17, 15) is 0 Å². The molecule has 0 saturated heterocycles. The van der Waals surface area contributed by atoms with Gasteiger partial charge in [-0.3, -0.25) is 0 Å². The zero-order chi connectivity index (χ0) is 10.6. The number of hydrogen-bond donors (Lipinski definition) is 0. The molecule has 0 bridgehead atoms. The van der Waals surface area contributed by atoms with Gasteiger partial charge in [-0.2, -0.15) is 5.26 Å². The molecule has 2 nitrogen and oxygen atoms in total. The zero-order valence-electron chi connectivity index (χ0n) is 8.79. The van der Waals surface area contributed by atoms with Gasteiger partial charge in [0.2, 0.25) is 0 Å². The number of aryl methyl sites for hydroxylation is 2. The molecule has 1 aromatic rings. The molecule has 0 atom stereocenters. The van der Waals surface area contributed by atoms with Gasteiger partial charge >= 0.3 is 0 Å². The van der Waals surface area contributed by atoms with Gasteiger partial charge in [0.1, 0.15) is 11.1 Å². The first-order valence-electron chi connectivity index (χ1n) is 4.70. The fraction of sp³-hybridized carbons (Fsp3) is 0.455. The number of aromatic nitrogens is 1. The fourth-order valence-corrected chi connectivity index (χ4v) is 2.20. The molecule has 0 saturated carbocycles. The molecule has 0 fully saturated rings. The largest absolute Gasteiger partial charge is 0.245 e. The highest BCUT2D eigenvalue weighted by Crippen LogP contribution is 2.23. The third-order valence-electron chi connectivity index (χ3n) is 1.87. The highest BCUT2D eigenvalue weighted by molar-refractivity contribution is 7.99. The molecule has 0 radical (unpaired) electrons. The van der Waals surface area contributed by atoms with Gasteiger partial charge in [-0.25, -0.2) is 4.98 Å². The van der Waals surface area contributed by atoms with Crippen LogP contribution in [0.2, 0.25) is 0 Å². The van der Waals surface area contributed by atoms with Gasteiger partial charge in [0, 0.05) is 5.69 Å². The molecule has 0 aliphatic rings. The molecular formula is C11H14N2S. The van der Waals surface area contributed by atoms with Crippen LogP contribution in [0, 0.1) is 25.2 Å². The van der Waals surface area contributed by atoms with E-state index in [2.05, 4.69) is 18.0 Å². The van der Waals surface area contributed by atoms with Crippen LogP contribution in [0.15, 0.2) is 11.1 Å². The Bertz CT molecular complexity index is 366. The molecule has 0 aliphatic carbocycles. The summed E-state index contributed by atoms with van der Waals surface area (Å²) in [6.07, 6.45) is 1.10. The van der Waals surface area contributed by atoms with Gasteiger partial charge in [0.25, 0.3) is 0 Å². The van der Waals surface area contributed by atoms with Crippen LogP contribution in [0.4, 0.5) is 0 Å². The minimum atomic E-state index is 0.731. The first-order chi connectivity index (χ1) is 6.69. The second kappa shape index (κ2) is 5.02. The van der Waals surface area contributed by atoms with Crippen LogP contribution in [-0.2, 0) is 0 Å². The van der Waals surface area contributed by atoms with Crippen LogP contribution < -0.4 is 0 Å². The predicted molar refractivity (Wildman–Crippen MR) is 59.4 cm³/mol. The monoisotopic (exact) mass is 206 g/mol. The standard InChI is InChI=1S/C11H14N2S/c1-4-5-14-11-10(7-12)8(2)6-9(3)13-11/h6H,4-5H2,1-3H3. The Labute approximate surface area is 89.4 Å². The fourth-order valence-electron chi connectivity index (χ4n) is 1.24. The van der Waals surface area contributed by atoms with E-state index in [0.717, 1.165) is 34.0 Å². The van der Waals surface area contributed by atoms with Gasteiger partial charge in [0.15, 0.2) is 0 Å². The normalized spacial score (nSPS) is 9.86. The van der Waals surface area contributed by atoms with E-state index in [0.29, 0.717) is 0 Å². The van der Waals surface area contributed by atoms with Crippen molar-refractivity contribution < 1.29 is 0 Å². The highest BCUT2D eigenvalue weighted by atomic mass is 32.2. The van der Waals surface area contributed by atoms with E-state index in [1.54, 1.807) is 11.8 Å². The van der Waals surface area contributed by atoms with Crippen LogP contribution in [0.1, 0.15) is 30.2 Å². The third-order valence-corrected chi connectivity index (χ3v) is 3.05. The Balaban J connectivity index is 3.07. The van der Waals surface area contributed by atoms with Crippen LogP contribution in [-0.4, -0.2) is 10.7 Å². The maximum atomic E-state index is 8.99. The molecule has 0 amide bonds. The van der Waals surface area contributed by atoms with Crippen molar-refractivity contribution in [1.29, 1.82) is 5.26 Å². The first-order valence-corrected chi connectivity index (χ1v) is 5.68. The Morgan fingerprint density at radius 2 is 2.21 bits per heavy atom. The lowest BCUT2D eigenvalue weighted by molar-refractivity contribution is 1.02. The van der Waals surface area contributed by atoms with Gasteiger partial charge < -0.3 is 0 Å². The molecule has 0 spiro atoms. The number of rotatable bonds is 3. The Kier molecular flexibility index (Phi) is 3.97. The summed E-state index contributed by atoms with van der Waals surface area (Å²) in [5.74, 6) is 1.02. The predicted octanol–water partition coefficient (Wildman–Crippen LogP) is 3.07. The lowest BCUT2D eigenvalue weighted by atomic mass is 10.1. The van der Waals surface area contributed by atoms with Crippen molar-refractivity contribution in [3.05, 3.63) is 22.9 Å². The van der Waals surface area contributed by atoms with Crippen molar-refractivity contribution in [1.82, 2.24) is 4.98 Å². The number of hydrogen-bond acceptors (Lipinski definition) is 3. The van der Waals surface area contributed by atoms with E-state index in [1.165, 1.54) is 0 Å². The quantitative estimate of drug-likeness (QED) is 0.713. The average Bonchev–Trinajstić information content (AvgIpc) is 2.14. The lowest BCUT2D eigenvalue weighted by Crippen LogP contribution is -1.94. The summed E-state index contributed by atoms with van der Waals surface area (Å²) in [5.41, 5.74) is 2.74. The van der Waals surface area contributed by atoms with Gasteiger partial charge in [-0.1, -0.05) is 6.92 Å². The van der Waals surface area contributed by atoms with E-state index < -0.39 is 0 Å². The average molecular weight is 206 g/mol. The van der Waals surface area contributed by atoms with Crippen molar-refractivity contribution in [3.8, 4) is 6.07 Å². The minimum absolute atomic E-state index is 0.731. The van der Waals surface area contributed by atoms with Gasteiger partial charge in [0.05, 0.1) is 5.56 Å². The van der Waals surface area contributed by atoms with E-state index in [-0.39, 0.29) is 0 Å². The second-order valence-electron chi connectivity index (χ2n) is 3.22. The Morgan fingerprint density at radius 1 is 1.50 bits per heavy atom. The van der Waals surface area contributed by atoms with Crippen LogP contribution in [0.3, 0.4) is 0 Å². The number of nitriles is 1. The van der Waals surface area contributed by atoms with Crippen LogP contribution in [0.25, 0.3) is 0 Å². The molecule has 74 valence electrons. The summed E-state index contributed by atoms with van der Waals surface area (Å²) in [7, 11) is 0. The topological polar surface area (TPSA) is 36.7 Å². The Morgan fingerprint density at radius 3 is 2.79 bits per heavy atom. The molecule has 1 rings (SSSR count). The van der Waals surface area contributed by atoms with Gasteiger partial charge in [-0.15, -0.1) is 11.8 Å². The lowest BCUT2D eigenvalue weighted by Gasteiger charge is -2.05. The third kappa shape index (κ3) is 2.49.